The first kappa shape index (κ1) is 14.0. The number of rotatable bonds is 3. The SMILES string of the molecule is CC1CCCCC1N(C)C(=O)c1ccc([N+](=O)[O-])s1. The van der Waals surface area contributed by atoms with Gasteiger partial charge in [0.15, 0.2) is 0 Å². The van der Waals surface area contributed by atoms with Gasteiger partial charge in [-0.15, -0.1) is 0 Å². The minimum absolute atomic E-state index is 0.0217. The van der Waals surface area contributed by atoms with Gasteiger partial charge in [0.05, 0.1) is 9.80 Å². The van der Waals surface area contributed by atoms with E-state index in [2.05, 4.69) is 6.92 Å². The summed E-state index contributed by atoms with van der Waals surface area (Å²) in [5, 5.41) is 10.7. The quantitative estimate of drug-likeness (QED) is 0.631. The summed E-state index contributed by atoms with van der Waals surface area (Å²) >= 11 is 0.952. The highest BCUT2D eigenvalue weighted by Crippen LogP contribution is 2.30. The molecule has 104 valence electrons. The van der Waals surface area contributed by atoms with E-state index in [0.29, 0.717) is 10.8 Å². The molecule has 1 saturated carbocycles. The molecule has 0 bridgehead atoms. The monoisotopic (exact) mass is 282 g/mol. The van der Waals surface area contributed by atoms with Gasteiger partial charge in [0.1, 0.15) is 0 Å². The van der Waals surface area contributed by atoms with E-state index in [1.165, 1.54) is 12.5 Å². The summed E-state index contributed by atoms with van der Waals surface area (Å²) in [4.78, 5) is 24.8. The van der Waals surface area contributed by atoms with E-state index < -0.39 is 4.92 Å². The minimum atomic E-state index is -0.454. The Morgan fingerprint density at radius 1 is 1.42 bits per heavy atom. The van der Waals surface area contributed by atoms with Crippen molar-refractivity contribution in [2.45, 2.75) is 38.6 Å². The molecule has 1 aromatic rings. The van der Waals surface area contributed by atoms with Crippen molar-refractivity contribution < 1.29 is 9.72 Å². The van der Waals surface area contributed by atoms with Gasteiger partial charge >= 0.3 is 5.00 Å². The van der Waals surface area contributed by atoms with Gasteiger partial charge in [-0.25, -0.2) is 0 Å². The molecule has 2 rings (SSSR count). The number of nitrogens with zero attached hydrogens (tertiary/aromatic N) is 2. The van der Waals surface area contributed by atoms with Gasteiger partial charge in [-0.2, -0.15) is 0 Å². The maximum Gasteiger partial charge on any atom is 0.324 e. The third-order valence-corrected chi connectivity index (χ3v) is 4.89. The second-order valence-corrected chi connectivity index (χ2v) is 6.20. The van der Waals surface area contributed by atoms with E-state index in [4.69, 9.17) is 0 Å². The maximum atomic E-state index is 12.3. The lowest BCUT2D eigenvalue weighted by molar-refractivity contribution is -0.380. The van der Waals surface area contributed by atoms with Crippen LogP contribution >= 0.6 is 11.3 Å². The summed E-state index contributed by atoms with van der Waals surface area (Å²) in [6, 6.07) is 3.20. The van der Waals surface area contributed by atoms with Gasteiger partial charge in [-0.05, 0) is 24.8 Å². The van der Waals surface area contributed by atoms with Crippen LogP contribution in [-0.2, 0) is 0 Å². The van der Waals surface area contributed by atoms with Gasteiger partial charge in [0.25, 0.3) is 5.91 Å². The zero-order valence-electron chi connectivity index (χ0n) is 11.2. The van der Waals surface area contributed by atoms with Crippen molar-refractivity contribution in [1.29, 1.82) is 0 Å². The summed E-state index contributed by atoms with van der Waals surface area (Å²) in [5.41, 5.74) is 0. The Labute approximate surface area is 116 Å². The van der Waals surface area contributed by atoms with Crippen LogP contribution in [0, 0.1) is 16.0 Å². The van der Waals surface area contributed by atoms with Gasteiger partial charge in [-0.3, -0.25) is 14.9 Å². The van der Waals surface area contributed by atoms with Crippen LogP contribution in [0.25, 0.3) is 0 Å². The van der Waals surface area contributed by atoms with Crippen molar-refractivity contribution in [2.24, 2.45) is 5.92 Å². The molecule has 0 aliphatic heterocycles. The van der Waals surface area contributed by atoms with Gasteiger partial charge in [0, 0.05) is 19.2 Å². The maximum absolute atomic E-state index is 12.3. The molecule has 1 heterocycles. The van der Waals surface area contributed by atoms with Crippen LogP contribution in [0.2, 0.25) is 0 Å². The molecule has 1 aliphatic rings. The van der Waals surface area contributed by atoms with E-state index in [0.717, 1.165) is 30.6 Å². The number of hydrogen-bond acceptors (Lipinski definition) is 4. The molecular weight excluding hydrogens is 264 g/mol. The number of carbonyl (C=O) groups is 1. The van der Waals surface area contributed by atoms with Crippen molar-refractivity contribution in [3.63, 3.8) is 0 Å². The van der Waals surface area contributed by atoms with Crippen LogP contribution in [0.3, 0.4) is 0 Å². The number of carbonyl (C=O) groups excluding carboxylic acids is 1. The van der Waals surface area contributed by atoms with E-state index in [-0.39, 0.29) is 17.0 Å². The fourth-order valence-corrected chi connectivity index (χ4v) is 3.54. The predicted molar refractivity (Wildman–Crippen MR) is 74.5 cm³/mol. The normalized spacial score (nSPS) is 23.1. The van der Waals surface area contributed by atoms with Gasteiger partial charge < -0.3 is 4.90 Å². The van der Waals surface area contributed by atoms with E-state index in [1.54, 1.807) is 18.0 Å². The number of hydrogen-bond donors (Lipinski definition) is 0. The average Bonchev–Trinajstić information content (AvgIpc) is 2.87. The minimum Gasteiger partial charge on any atom is -0.338 e. The summed E-state index contributed by atoms with van der Waals surface area (Å²) in [7, 11) is 1.81. The molecule has 19 heavy (non-hydrogen) atoms. The molecule has 1 amide bonds. The first-order chi connectivity index (χ1) is 9.00. The highest BCUT2D eigenvalue weighted by atomic mass is 32.1. The predicted octanol–water partition coefficient (Wildman–Crippen LogP) is 3.31. The lowest BCUT2D eigenvalue weighted by Crippen LogP contribution is -2.42. The lowest BCUT2D eigenvalue weighted by atomic mass is 9.85. The molecule has 1 aliphatic carbocycles. The molecule has 0 N–H and O–H groups in total. The molecule has 1 fully saturated rings. The van der Waals surface area contributed by atoms with Crippen molar-refractivity contribution >= 4 is 22.2 Å². The van der Waals surface area contributed by atoms with Gasteiger partial charge in [0.2, 0.25) is 0 Å². The molecule has 0 saturated heterocycles. The zero-order valence-corrected chi connectivity index (χ0v) is 12.0. The number of amides is 1. The third kappa shape index (κ3) is 2.94. The van der Waals surface area contributed by atoms with Crippen LogP contribution in [0.4, 0.5) is 5.00 Å². The highest BCUT2D eigenvalue weighted by molar-refractivity contribution is 7.17. The smallest absolute Gasteiger partial charge is 0.324 e. The Bertz CT molecular complexity index is 486. The lowest BCUT2D eigenvalue weighted by Gasteiger charge is -2.36. The fourth-order valence-electron chi connectivity index (χ4n) is 2.74. The Morgan fingerprint density at radius 2 is 2.11 bits per heavy atom. The number of nitro groups is 1. The third-order valence-electron chi connectivity index (χ3n) is 3.87. The average molecular weight is 282 g/mol. The highest BCUT2D eigenvalue weighted by Gasteiger charge is 2.29. The van der Waals surface area contributed by atoms with E-state index in [1.807, 2.05) is 0 Å². The van der Waals surface area contributed by atoms with Crippen molar-refractivity contribution in [3.8, 4) is 0 Å². The molecule has 0 spiro atoms. The summed E-state index contributed by atoms with van der Waals surface area (Å²) in [6.45, 7) is 2.17. The molecule has 1 aromatic heterocycles. The van der Waals surface area contributed by atoms with Gasteiger partial charge in [-0.1, -0.05) is 31.1 Å². The topological polar surface area (TPSA) is 63.5 Å². The molecule has 0 radical (unpaired) electrons. The van der Waals surface area contributed by atoms with Crippen LogP contribution in [0.1, 0.15) is 42.3 Å². The van der Waals surface area contributed by atoms with Crippen molar-refractivity contribution in [1.82, 2.24) is 4.90 Å². The number of thiophene rings is 1. The van der Waals surface area contributed by atoms with Crippen molar-refractivity contribution in [2.75, 3.05) is 7.05 Å². The van der Waals surface area contributed by atoms with Crippen LogP contribution in [-0.4, -0.2) is 28.8 Å². The second-order valence-electron chi connectivity index (χ2n) is 5.14. The summed E-state index contributed by atoms with van der Waals surface area (Å²) in [5.74, 6) is 0.398. The standard InChI is InChI=1S/C13H18N2O3S/c1-9-5-3-4-6-10(9)14(2)13(16)11-7-8-12(19-11)15(17)18/h7-10H,3-6H2,1-2H3. The largest absolute Gasteiger partial charge is 0.338 e. The Morgan fingerprint density at radius 3 is 2.68 bits per heavy atom. The van der Waals surface area contributed by atoms with Crippen molar-refractivity contribution in [3.05, 3.63) is 27.1 Å². The first-order valence-corrected chi connectivity index (χ1v) is 7.33. The second kappa shape index (κ2) is 5.69. The first-order valence-electron chi connectivity index (χ1n) is 6.52. The Kier molecular flexibility index (Phi) is 4.19. The van der Waals surface area contributed by atoms with E-state index >= 15 is 0 Å². The molecule has 0 aromatic carbocycles. The summed E-state index contributed by atoms with van der Waals surface area (Å²) in [6.07, 6.45) is 4.55. The molecule has 2 unspecified atom stereocenters. The molecule has 2 atom stereocenters. The van der Waals surface area contributed by atoms with Crippen LogP contribution < -0.4 is 0 Å². The molecule has 5 nitrogen and oxygen atoms in total. The van der Waals surface area contributed by atoms with E-state index in [9.17, 15) is 14.9 Å². The van der Waals surface area contributed by atoms with Crippen LogP contribution in [0.15, 0.2) is 12.1 Å². The summed E-state index contributed by atoms with van der Waals surface area (Å²) < 4.78 is 0. The fraction of sp³-hybridized carbons (Fsp3) is 0.615. The molecular formula is C13H18N2O3S. The Hall–Kier alpha value is -1.43. The van der Waals surface area contributed by atoms with Crippen LogP contribution in [0.5, 0.6) is 0 Å². The zero-order chi connectivity index (χ0) is 14.0. The molecule has 6 heteroatoms. The Balaban J connectivity index is 2.11.